The van der Waals surface area contributed by atoms with Gasteiger partial charge in [-0.25, -0.2) is 0 Å². The lowest BCUT2D eigenvalue weighted by Gasteiger charge is -2.66. The summed E-state index contributed by atoms with van der Waals surface area (Å²) in [6, 6.07) is 0. The van der Waals surface area contributed by atoms with Gasteiger partial charge in [-0.1, -0.05) is 11.6 Å². The molecule has 0 amide bonds. The highest BCUT2D eigenvalue weighted by Gasteiger charge is 2.72. The van der Waals surface area contributed by atoms with Crippen molar-refractivity contribution in [3.63, 3.8) is 0 Å². The van der Waals surface area contributed by atoms with Crippen molar-refractivity contribution >= 4 is 0 Å². The highest BCUT2D eigenvalue weighted by molar-refractivity contribution is 5.33. The third-order valence-electron chi connectivity index (χ3n) is 9.18. The van der Waals surface area contributed by atoms with Gasteiger partial charge < -0.3 is 29.3 Å². The van der Waals surface area contributed by atoms with Crippen LogP contribution in [-0.4, -0.2) is 87.1 Å². The Kier molecular flexibility index (Phi) is 4.47. The number of ether oxygens (including phenoxy) is 3. The average molecular weight is 409 g/mol. The van der Waals surface area contributed by atoms with Crippen LogP contribution in [0.3, 0.4) is 0 Å². The van der Waals surface area contributed by atoms with Gasteiger partial charge in [-0.05, 0) is 45.1 Å². The van der Waals surface area contributed by atoms with Gasteiger partial charge in [-0.15, -0.1) is 0 Å². The van der Waals surface area contributed by atoms with E-state index >= 15 is 0 Å². The lowest BCUT2D eigenvalue weighted by molar-refractivity contribution is -0.242. The van der Waals surface area contributed by atoms with Crippen molar-refractivity contribution in [2.75, 3.05) is 48.0 Å². The number of fused-ring (bicyclic) bond motifs is 1. The number of piperidine rings is 1. The van der Waals surface area contributed by atoms with Gasteiger partial charge in [-0.2, -0.15) is 0 Å². The molecule has 164 valence electrons. The molecule has 6 nitrogen and oxygen atoms in total. The molecule has 4 aliphatic carbocycles. The van der Waals surface area contributed by atoms with Gasteiger partial charge in [0, 0.05) is 58.4 Å². The fourth-order valence-corrected chi connectivity index (χ4v) is 8.45. The number of rotatable bonds is 4. The van der Waals surface area contributed by atoms with Gasteiger partial charge in [0.1, 0.15) is 0 Å². The molecular formula is C23H37NO5. The lowest BCUT2D eigenvalue weighted by Crippen LogP contribution is -2.71. The van der Waals surface area contributed by atoms with Crippen LogP contribution in [0.1, 0.15) is 33.5 Å². The highest BCUT2D eigenvalue weighted by Crippen LogP contribution is 2.69. The third kappa shape index (κ3) is 2.50. The topological polar surface area (TPSA) is 71.4 Å². The molecule has 0 aromatic rings. The molecule has 0 radical (unpaired) electrons. The minimum Gasteiger partial charge on any atom is -0.389 e. The quantitative estimate of drug-likeness (QED) is 0.686. The maximum Gasteiger partial charge on any atom is 0.0917 e. The van der Waals surface area contributed by atoms with Crippen molar-refractivity contribution in [2.45, 2.75) is 56.0 Å². The summed E-state index contributed by atoms with van der Waals surface area (Å²) in [5.41, 5.74) is -0.578. The van der Waals surface area contributed by atoms with E-state index < -0.39 is 23.6 Å². The molecule has 1 aliphatic heterocycles. The molecule has 1 unspecified atom stereocenters. The molecule has 2 N–H and O–H groups in total. The molecule has 5 aliphatic rings. The average Bonchev–Trinajstić information content (AvgIpc) is 2.84. The fraction of sp³-hybridized carbons (Fsp3) is 0.913. The Hall–Kier alpha value is -0.500. The molecular weight excluding hydrogens is 370 g/mol. The normalized spacial score (nSPS) is 57.0. The van der Waals surface area contributed by atoms with Crippen LogP contribution in [0.2, 0.25) is 0 Å². The molecule has 4 bridgehead atoms. The third-order valence-corrected chi connectivity index (χ3v) is 9.18. The van der Waals surface area contributed by atoms with Gasteiger partial charge in [0.05, 0.1) is 30.5 Å². The summed E-state index contributed by atoms with van der Waals surface area (Å²) in [6.07, 6.45) is 4.87. The highest BCUT2D eigenvalue weighted by atomic mass is 16.5. The molecule has 6 heteroatoms. The molecule has 3 saturated carbocycles. The van der Waals surface area contributed by atoms with Crippen LogP contribution in [0.25, 0.3) is 0 Å². The van der Waals surface area contributed by atoms with Crippen LogP contribution in [0.15, 0.2) is 11.6 Å². The van der Waals surface area contributed by atoms with Gasteiger partial charge in [0.15, 0.2) is 0 Å². The second-order valence-corrected chi connectivity index (χ2v) is 10.4. The number of hydrogen-bond acceptors (Lipinski definition) is 6. The van der Waals surface area contributed by atoms with Crippen molar-refractivity contribution in [2.24, 2.45) is 28.6 Å². The molecule has 1 heterocycles. The molecule has 4 fully saturated rings. The van der Waals surface area contributed by atoms with Crippen LogP contribution in [0, 0.1) is 28.6 Å². The summed E-state index contributed by atoms with van der Waals surface area (Å²) >= 11 is 0. The van der Waals surface area contributed by atoms with Crippen molar-refractivity contribution in [3.05, 3.63) is 11.6 Å². The predicted octanol–water partition coefficient (Wildman–Crippen LogP) is 1.45. The minimum absolute atomic E-state index is 0.0249. The SMILES string of the molecule is [2H]C1N(C)C[C@]2(COC)CC[C@H](OC)[C@]13[C@@H]1C[C@]4(O)CCC(=C[C@H](OC)[C@H]23)[C@H]1[C@H]4O. The van der Waals surface area contributed by atoms with E-state index in [9.17, 15) is 11.6 Å². The van der Waals surface area contributed by atoms with Crippen LogP contribution >= 0.6 is 0 Å². The maximum absolute atomic E-state index is 11.4. The molecule has 0 spiro atoms. The standard InChI is InChI=1S/C23H37NO5/c1-24-11-21(13-27-2)7-6-17(29-4)23(12-24)15-10-22(26)8-5-14(18(15)20(22)25)9-16(28-3)19(21)23/h9,15-20,25-26H,5-8,10-13H2,1-4H3/t15-,16+,17+,18-,19-,20-,21+,22-,23-/m1/s1/i12D/t12?,15-,16+,17+,18-,19-,20-,21+,22-,23-. The van der Waals surface area contributed by atoms with E-state index in [2.05, 4.69) is 11.0 Å². The smallest absolute Gasteiger partial charge is 0.0917 e. The van der Waals surface area contributed by atoms with E-state index in [1.807, 2.05) is 7.05 Å². The summed E-state index contributed by atoms with van der Waals surface area (Å²) in [6.45, 7) is 0.897. The molecule has 1 saturated heterocycles. The van der Waals surface area contributed by atoms with Gasteiger partial charge in [-0.3, -0.25) is 0 Å². The molecule has 0 aromatic heterocycles. The number of nitrogens with zero attached hydrogens (tertiary/aromatic N) is 1. The largest absolute Gasteiger partial charge is 0.389 e. The Labute approximate surface area is 175 Å². The van der Waals surface area contributed by atoms with Gasteiger partial charge in [0.2, 0.25) is 0 Å². The molecule has 0 aromatic carbocycles. The number of aliphatic hydroxyl groups is 2. The Morgan fingerprint density at radius 3 is 2.76 bits per heavy atom. The van der Waals surface area contributed by atoms with Crippen LogP contribution in [0.4, 0.5) is 0 Å². The van der Waals surface area contributed by atoms with E-state index in [0.717, 1.165) is 25.8 Å². The van der Waals surface area contributed by atoms with Crippen LogP contribution in [-0.2, 0) is 14.2 Å². The minimum atomic E-state index is -1.07. The zero-order chi connectivity index (χ0) is 21.5. The van der Waals surface area contributed by atoms with Gasteiger partial charge in [0.25, 0.3) is 0 Å². The van der Waals surface area contributed by atoms with E-state index in [1.165, 1.54) is 5.57 Å². The fourth-order valence-electron chi connectivity index (χ4n) is 8.45. The number of likely N-dealkylation sites (tertiary alicyclic amines) is 1. The number of hydrogen-bond donors (Lipinski definition) is 2. The maximum atomic E-state index is 11.4. The monoisotopic (exact) mass is 408 g/mol. The first-order valence-electron chi connectivity index (χ1n) is 11.6. The predicted molar refractivity (Wildman–Crippen MR) is 108 cm³/mol. The first-order valence-corrected chi connectivity index (χ1v) is 11.1. The summed E-state index contributed by atoms with van der Waals surface area (Å²) in [5.74, 6) is -0.130. The zero-order valence-electron chi connectivity index (χ0n) is 19.1. The summed E-state index contributed by atoms with van der Waals surface area (Å²) in [5, 5.41) is 22.6. The first-order chi connectivity index (χ1) is 14.3. The van der Waals surface area contributed by atoms with Crippen LogP contribution < -0.4 is 0 Å². The lowest BCUT2D eigenvalue weighted by atomic mass is 9.45. The molecule has 5 rings (SSSR count). The number of methoxy groups -OCH3 is 3. The van der Waals surface area contributed by atoms with E-state index in [-0.39, 0.29) is 35.4 Å². The Bertz CT molecular complexity index is 730. The van der Waals surface area contributed by atoms with Crippen molar-refractivity contribution in [3.8, 4) is 0 Å². The van der Waals surface area contributed by atoms with Crippen molar-refractivity contribution < 1.29 is 25.8 Å². The van der Waals surface area contributed by atoms with Crippen molar-refractivity contribution in [1.29, 1.82) is 0 Å². The first kappa shape index (κ1) is 19.2. The zero-order valence-corrected chi connectivity index (χ0v) is 18.1. The second kappa shape index (κ2) is 6.75. The Morgan fingerprint density at radius 1 is 1.28 bits per heavy atom. The van der Waals surface area contributed by atoms with E-state index in [4.69, 9.17) is 14.2 Å². The summed E-state index contributed by atoms with van der Waals surface area (Å²) in [4.78, 5) is 2.15. The van der Waals surface area contributed by atoms with Crippen molar-refractivity contribution in [1.82, 2.24) is 4.90 Å². The summed E-state index contributed by atoms with van der Waals surface area (Å²) in [7, 11) is 7.32. The number of aliphatic hydroxyl groups excluding tert-OH is 1. The van der Waals surface area contributed by atoms with E-state index in [1.54, 1.807) is 21.3 Å². The van der Waals surface area contributed by atoms with Gasteiger partial charge >= 0.3 is 0 Å². The van der Waals surface area contributed by atoms with Crippen LogP contribution in [0.5, 0.6) is 0 Å². The second-order valence-electron chi connectivity index (χ2n) is 10.4. The molecule has 29 heavy (non-hydrogen) atoms. The summed E-state index contributed by atoms with van der Waals surface area (Å²) < 4.78 is 27.6. The van der Waals surface area contributed by atoms with E-state index in [0.29, 0.717) is 19.4 Å². The molecule has 10 atom stereocenters. The Morgan fingerprint density at radius 2 is 2.07 bits per heavy atom. The Balaban J connectivity index is 1.79.